The first-order valence-electron chi connectivity index (χ1n) is 10.1. The number of imidazole rings is 1. The molecule has 2 aliphatic rings. The van der Waals surface area contributed by atoms with Gasteiger partial charge in [0.1, 0.15) is 5.69 Å². The molecule has 0 aromatic heterocycles. The van der Waals surface area contributed by atoms with Crippen LogP contribution in [-0.2, 0) is 6.54 Å². The van der Waals surface area contributed by atoms with Crippen LogP contribution in [0.3, 0.4) is 0 Å². The predicted molar refractivity (Wildman–Crippen MR) is 125 cm³/mol. The maximum atomic E-state index is 14.1. The average molecular weight is 444 g/mol. The molecule has 0 amide bonds. The van der Waals surface area contributed by atoms with E-state index in [1.54, 1.807) is 11.8 Å². The summed E-state index contributed by atoms with van der Waals surface area (Å²) in [7, 11) is 0. The summed E-state index contributed by atoms with van der Waals surface area (Å²) in [5.74, 6) is -1.65. The third-order valence-corrected chi connectivity index (χ3v) is 6.11. The van der Waals surface area contributed by atoms with E-state index in [0.717, 1.165) is 11.6 Å². The van der Waals surface area contributed by atoms with Crippen molar-refractivity contribution in [3.05, 3.63) is 102 Å². The van der Waals surface area contributed by atoms with Crippen LogP contribution in [0.1, 0.15) is 5.56 Å². The second kappa shape index (κ2) is 8.55. The van der Waals surface area contributed by atoms with Gasteiger partial charge in [-0.05, 0) is 53.3 Å². The van der Waals surface area contributed by atoms with E-state index in [1.807, 2.05) is 23.0 Å². The first kappa shape index (κ1) is 20.4. The standard InChI is InChI=1S/C26H19F2N3S/c1-32-20-11-9-19(10-12-20)18-7-5-17(6-8-18)15-31-14-13-23-24(16-31)30-26(29-23)21-3-2-4-22(27)25(21)28/h2-14,16H,15H2,1H3. The predicted octanol–water partition coefficient (Wildman–Crippen LogP) is 6.77. The molecule has 3 aromatic carbocycles. The molecule has 0 saturated heterocycles. The summed E-state index contributed by atoms with van der Waals surface area (Å²) in [6.07, 6.45) is 5.86. The fourth-order valence-electron chi connectivity index (χ4n) is 3.64. The third kappa shape index (κ3) is 4.01. The van der Waals surface area contributed by atoms with Gasteiger partial charge in [0.25, 0.3) is 0 Å². The van der Waals surface area contributed by atoms with E-state index in [0.29, 0.717) is 17.9 Å². The van der Waals surface area contributed by atoms with Crippen molar-refractivity contribution < 1.29 is 8.78 Å². The molecular weight excluding hydrogens is 424 g/mol. The summed E-state index contributed by atoms with van der Waals surface area (Å²) in [6.45, 7) is 0.665. The summed E-state index contributed by atoms with van der Waals surface area (Å²) in [5, 5.41) is 0. The van der Waals surface area contributed by atoms with Crippen molar-refractivity contribution in [1.82, 2.24) is 14.5 Å². The summed E-state index contributed by atoms with van der Waals surface area (Å²) < 4.78 is 29.7. The van der Waals surface area contributed by atoms with Gasteiger partial charge in [-0.15, -0.1) is 11.8 Å². The highest BCUT2D eigenvalue weighted by Crippen LogP contribution is 2.28. The van der Waals surface area contributed by atoms with Crippen LogP contribution in [0.4, 0.5) is 8.78 Å². The highest BCUT2D eigenvalue weighted by molar-refractivity contribution is 7.98. The lowest BCUT2D eigenvalue weighted by Gasteiger charge is -2.09. The van der Waals surface area contributed by atoms with E-state index >= 15 is 0 Å². The van der Waals surface area contributed by atoms with Crippen LogP contribution in [0.15, 0.2) is 90.1 Å². The molecule has 2 heterocycles. The Morgan fingerprint density at radius 3 is 2.22 bits per heavy atom. The number of hydrogen-bond acceptors (Lipinski definition) is 3. The number of aromatic nitrogens is 3. The van der Waals surface area contributed by atoms with Gasteiger partial charge >= 0.3 is 0 Å². The summed E-state index contributed by atoms with van der Waals surface area (Å²) >= 11 is 1.73. The van der Waals surface area contributed by atoms with E-state index in [4.69, 9.17) is 0 Å². The smallest absolute Gasteiger partial charge is 0.169 e. The second-order valence-corrected chi connectivity index (χ2v) is 8.34. The molecule has 0 aliphatic carbocycles. The van der Waals surface area contributed by atoms with Crippen LogP contribution in [0.25, 0.3) is 33.9 Å². The van der Waals surface area contributed by atoms with Gasteiger partial charge in [-0.25, -0.2) is 18.7 Å². The zero-order valence-corrected chi connectivity index (χ0v) is 18.1. The van der Waals surface area contributed by atoms with Gasteiger partial charge in [-0.1, -0.05) is 42.5 Å². The number of nitrogens with zero attached hydrogens (tertiary/aromatic N) is 3. The third-order valence-electron chi connectivity index (χ3n) is 5.36. The molecule has 2 aliphatic heterocycles. The fourth-order valence-corrected chi connectivity index (χ4v) is 4.05. The molecule has 0 N–H and O–H groups in total. The Bertz CT molecular complexity index is 1340. The normalized spacial score (nSPS) is 11.2. The van der Waals surface area contributed by atoms with Crippen LogP contribution in [-0.4, -0.2) is 20.8 Å². The molecule has 0 fully saturated rings. The number of halogens is 2. The van der Waals surface area contributed by atoms with Crippen molar-refractivity contribution in [2.24, 2.45) is 0 Å². The molecule has 0 bridgehead atoms. The van der Waals surface area contributed by atoms with Crippen LogP contribution in [0, 0.1) is 11.6 Å². The number of hydrogen-bond donors (Lipinski definition) is 0. The SMILES string of the molecule is CSc1ccc(-c2ccc(Cn3ccc4nc(-c5cccc(F)c5F)nc-4c3)cc2)cc1. The lowest BCUT2D eigenvalue weighted by molar-refractivity contribution is 0.510. The number of benzene rings is 3. The zero-order valence-electron chi connectivity index (χ0n) is 17.3. The fraction of sp³-hybridized carbons (Fsp3) is 0.0769. The van der Waals surface area contributed by atoms with Crippen LogP contribution in [0.5, 0.6) is 0 Å². The maximum Gasteiger partial charge on any atom is 0.169 e. The number of fused-ring (bicyclic) bond motifs is 1. The van der Waals surface area contributed by atoms with Gasteiger partial charge in [-0.3, -0.25) is 0 Å². The quantitative estimate of drug-likeness (QED) is 0.281. The van der Waals surface area contributed by atoms with Crippen molar-refractivity contribution in [1.29, 1.82) is 0 Å². The minimum Gasteiger partial charge on any atom is -0.348 e. The zero-order chi connectivity index (χ0) is 22.1. The number of rotatable bonds is 5. The van der Waals surface area contributed by atoms with E-state index < -0.39 is 11.6 Å². The Morgan fingerprint density at radius 1 is 0.812 bits per heavy atom. The van der Waals surface area contributed by atoms with Gasteiger partial charge in [-0.2, -0.15) is 0 Å². The number of thioether (sulfide) groups is 1. The van der Waals surface area contributed by atoms with E-state index in [1.165, 1.54) is 28.2 Å². The average Bonchev–Trinajstić information content (AvgIpc) is 3.24. The van der Waals surface area contributed by atoms with E-state index in [-0.39, 0.29) is 11.4 Å². The number of pyridine rings is 1. The van der Waals surface area contributed by atoms with Crippen molar-refractivity contribution in [3.63, 3.8) is 0 Å². The second-order valence-electron chi connectivity index (χ2n) is 7.46. The molecule has 0 unspecified atom stereocenters. The molecule has 32 heavy (non-hydrogen) atoms. The van der Waals surface area contributed by atoms with Gasteiger partial charge in [0.15, 0.2) is 17.5 Å². The van der Waals surface area contributed by atoms with Crippen molar-refractivity contribution in [3.8, 4) is 33.9 Å². The highest BCUT2D eigenvalue weighted by Gasteiger charge is 2.17. The monoisotopic (exact) mass is 443 g/mol. The van der Waals surface area contributed by atoms with Gasteiger partial charge in [0.05, 0.1) is 11.3 Å². The molecule has 0 radical (unpaired) electrons. The molecule has 158 valence electrons. The van der Waals surface area contributed by atoms with Crippen molar-refractivity contribution in [2.45, 2.75) is 11.4 Å². The Labute approximate surface area is 189 Å². The van der Waals surface area contributed by atoms with Gasteiger partial charge < -0.3 is 4.57 Å². The molecule has 0 atom stereocenters. The minimum atomic E-state index is -0.932. The molecule has 3 nitrogen and oxygen atoms in total. The Hall–Kier alpha value is -3.51. The first-order valence-corrected chi connectivity index (χ1v) is 11.3. The molecule has 5 rings (SSSR count). The summed E-state index contributed by atoms with van der Waals surface area (Å²) in [4.78, 5) is 10.0. The van der Waals surface area contributed by atoms with E-state index in [2.05, 4.69) is 64.8 Å². The highest BCUT2D eigenvalue weighted by atomic mass is 32.2. The topological polar surface area (TPSA) is 30.7 Å². The van der Waals surface area contributed by atoms with Crippen molar-refractivity contribution >= 4 is 11.8 Å². The Balaban J connectivity index is 1.37. The molecule has 6 heteroatoms. The lowest BCUT2D eigenvalue weighted by atomic mass is 10.0. The summed E-state index contributed by atoms with van der Waals surface area (Å²) in [6, 6.07) is 22.8. The summed E-state index contributed by atoms with van der Waals surface area (Å²) in [5.41, 5.74) is 4.85. The Kier molecular flexibility index (Phi) is 5.45. The van der Waals surface area contributed by atoms with Crippen LogP contribution < -0.4 is 0 Å². The molecule has 0 saturated carbocycles. The molecular formula is C26H19F2N3S. The van der Waals surface area contributed by atoms with Gasteiger partial charge in [0, 0.05) is 23.8 Å². The van der Waals surface area contributed by atoms with Gasteiger partial charge in [0.2, 0.25) is 0 Å². The van der Waals surface area contributed by atoms with Crippen LogP contribution >= 0.6 is 11.8 Å². The maximum absolute atomic E-state index is 14.1. The molecule has 3 aromatic rings. The largest absolute Gasteiger partial charge is 0.348 e. The first-order chi connectivity index (χ1) is 15.6. The minimum absolute atomic E-state index is 0.0638. The van der Waals surface area contributed by atoms with E-state index in [9.17, 15) is 8.78 Å². The Morgan fingerprint density at radius 2 is 1.50 bits per heavy atom. The lowest BCUT2D eigenvalue weighted by Crippen LogP contribution is -2.00. The molecule has 0 spiro atoms. The van der Waals surface area contributed by atoms with Crippen LogP contribution in [0.2, 0.25) is 0 Å². The van der Waals surface area contributed by atoms with Crippen molar-refractivity contribution in [2.75, 3.05) is 6.26 Å².